The Labute approximate surface area is 95.7 Å². The quantitative estimate of drug-likeness (QED) is 0.657. The average Bonchev–Trinajstić information content (AvgIpc) is 2.24. The maximum absolute atomic E-state index is 12.2. The minimum absolute atomic E-state index is 0.459. The van der Waals surface area contributed by atoms with Crippen LogP contribution >= 0.6 is 11.8 Å². The molecule has 88 valence electrons. The molecule has 1 aromatic heterocycles. The predicted molar refractivity (Wildman–Crippen MR) is 58.2 cm³/mol. The highest BCUT2D eigenvalue weighted by Crippen LogP contribution is 2.29. The smallest absolute Gasteiger partial charge is 0.327 e. The lowest BCUT2D eigenvalue weighted by molar-refractivity contribution is -0.137. The van der Waals surface area contributed by atoms with E-state index in [4.69, 9.17) is 5.73 Å². The molecule has 0 aromatic carbocycles. The molecule has 0 spiro atoms. The van der Waals surface area contributed by atoms with Crippen LogP contribution in [0.5, 0.6) is 0 Å². The van der Waals surface area contributed by atoms with Crippen molar-refractivity contribution in [1.82, 2.24) is 4.98 Å². The van der Waals surface area contributed by atoms with Gasteiger partial charge in [-0.05, 0) is 12.1 Å². The molecule has 0 bridgehead atoms. The molecular formula is C10H11F3N2S. The molecule has 0 saturated heterocycles. The van der Waals surface area contributed by atoms with E-state index in [1.165, 1.54) is 17.8 Å². The highest BCUT2D eigenvalue weighted by molar-refractivity contribution is 7.99. The van der Waals surface area contributed by atoms with Gasteiger partial charge in [0.15, 0.2) is 0 Å². The van der Waals surface area contributed by atoms with Gasteiger partial charge in [-0.15, -0.1) is 11.8 Å². The molecule has 1 rings (SSSR count). The molecule has 2 nitrogen and oxygen atoms in total. The predicted octanol–water partition coefficient (Wildman–Crippen LogP) is 2.71. The summed E-state index contributed by atoms with van der Waals surface area (Å²) in [5.74, 6) is 0.648. The van der Waals surface area contributed by atoms with Crippen LogP contribution in [0, 0.1) is 0 Å². The van der Waals surface area contributed by atoms with Crippen LogP contribution in [0.25, 0.3) is 0 Å². The first-order valence-corrected chi connectivity index (χ1v) is 5.53. The van der Waals surface area contributed by atoms with Crippen molar-refractivity contribution in [2.45, 2.75) is 11.2 Å². The summed E-state index contributed by atoms with van der Waals surface area (Å²) in [6, 6.07) is 2.39. The van der Waals surface area contributed by atoms with Gasteiger partial charge in [0.25, 0.3) is 0 Å². The SMILES string of the molecule is NCC=CCSc1ccc(C(F)(F)F)cn1. The van der Waals surface area contributed by atoms with E-state index in [1.54, 1.807) is 6.08 Å². The minimum Gasteiger partial charge on any atom is -0.327 e. The van der Waals surface area contributed by atoms with E-state index in [1.807, 2.05) is 6.08 Å². The Balaban J connectivity index is 2.55. The van der Waals surface area contributed by atoms with Crippen LogP contribution < -0.4 is 5.73 Å². The number of rotatable bonds is 4. The van der Waals surface area contributed by atoms with Crippen LogP contribution in [0.15, 0.2) is 35.5 Å². The molecule has 0 radical (unpaired) electrons. The van der Waals surface area contributed by atoms with Crippen molar-refractivity contribution in [2.75, 3.05) is 12.3 Å². The number of pyridine rings is 1. The molecule has 16 heavy (non-hydrogen) atoms. The lowest BCUT2D eigenvalue weighted by Gasteiger charge is -2.05. The van der Waals surface area contributed by atoms with Crippen molar-refractivity contribution in [3.63, 3.8) is 0 Å². The number of nitrogens with zero attached hydrogens (tertiary/aromatic N) is 1. The third kappa shape index (κ3) is 4.24. The summed E-state index contributed by atoms with van der Waals surface area (Å²) in [6.07, 6.45) is 0.158. The Morgan fingerprint density at radius 1 is 1.31 bits per heavy atom. The normalized spacial score (nSPS) is 12.2. The fourth-order valence-electron chi connectivity index (χ4n) is 0.931. The van der Waals surface area contributed by atoms with Gasteiger partial charge in [-0.25, -0.2) is 4.98 Å². The number of hydrogen-bond donors (Lipinski definition) is 1. The third-order valence-corrected chi connectivity index (χ3v) is 2.59. The lowest BCUT2D eigenvalue weighted by atomic mass is 10.3. The molecule has 0 unspecified atom stereocenters. The molecule has 0 atom stereocenters. The van der Waals surface area contributed by atoms with Crippen molar-refractivity contribution < 1.29 is 13.2 Å². The Bertz CT molecular complexity index is 346. The second kappa shape index (κ2) is 5.91. The topological polar surface area (TPSA) is 38.9 Å². The summed E-state index contributed by atoms with van der Waals surface area (Å²) in [4.78, 5) is 3.72. The van der Waals surface area contributed by atoms with Gasteiger partial charge in [0.1, 0.15) is 0 Å². The van der Waals surface area contributed by atoms with Crippen LogP contribution in [0.1, 0.15) is 5.56 Å². The highest BCUT2D eigenvalue weighted by Gasteiger charge is 2.30. The van der Waals surface area contributed by atoms with Crippen LogP contribution in [-0.2, 0) is 6.18 Å². The van der Waals surface area contributed by atoms with E-state index in [-0.39, 0.29) is 0 Å². The molecule has 0 aliphatic heterocycles. The monoisotopic (exact) mass is 248 g/mol. The standard InChI is InChI=1S/C10H11F3N2S/c11-10(12,13)8-3-4-9(15-7-8)16-6-2-1-5-14/h1-4,7H,5-6,14H2. The first kappa shape index (κ1) is 13.1. The minimum atomic E-state index is -4.32. The number of nitrogens with two attached hydrogens (primary N) is 1. The fourth-order valence-corrected chi connectivity index (χ4v) is 1.63. The first-order valence-electron chi connectivity index (χ1n) is 4.55. The molecule has 2 N–H and O–H groups in total. The van der Waals surface area contributed by atoms with Gasteiger partial charge in [0.2, 0.25) is 0 Å². The van der Waals surface area contributed by atoms with Gasteiger partial charge in [-0.1, -0.05) is 12.2 Å². The van der Waals surface area contributed by atoms with Crippen LogP contribution in [0.3, 0.4) is 0 Å². The molecule has 0 saturated carbocycles. The molecule has 0 aliphatic rings. The largest absolute Gasteiger partial charge is 0.417 e. The van der Waals surface area contributed by atoms with Gasteiger partial charge >= 0.3 is 6.18 Å². The van der Waals surface area contributed by atoms with Crippen molar-refractivity contribution in [2.24, 2.45) is 5.73 Å². The Morgan fingerprint density at radius 3 is 2.56 bits per heavy atom. The molecule has 0 amide bonds. The summed E-state index contributed by atoms with van der Waals surface area (Å²) in [5, 5.41) is 0.565. The molecule has 1 aromatic rings. The second-order valence-electron chi connectivity index (χ2n) is 2.90. The van der Waals surface area contributed by atoms with Gasteiger partial charge in [-0.2, -0.15) is 13.2 Å². The van der Waals surface area contributed by atoms with E-state index in [2.05, 4.69) is 4.98 Å². The summed E-state index contributed by atoms with van der Waals surface area (Å²) in [7, 11) is 0. The summed E-state index contributed by atoms with van der Waals surface area (Å²) in [5.41, 5.74) is 4.51. The van der Waals surface area contributed by atoms with Crippen molar-refractivity contribution in [3.05, 3.63) is 36.0 Å². The molecule has 6 heteroatoms. The van der Waals surface area contributed by atoms with Gasteiger partial charge in [0, 0.05) is 18.5 Å². The zero-order chi connectivity index (χ0) is 12.0. The zero-order valence-electron chi connectivity index (χ0n) is 8.37. The van der Waals surface area contributed by atoms with E-state index in [9.17, 15) is 13.2 Å². The number of alkyl halides is 3. The van der Waals surface area contributed by atoms with E-state index < -0.39 is 11.7 Å². The number of aromatic nitrogens is 1. The average molecular weight is 248 g/mol. The number of thioether (sulfide) groups is 1. The van der Waals surface area contributed by atoms with E-state index >= 15 is 0 Å². The molecule has 0 fully saturated rings. The number of hydrogen-bond acceptors (Lipinski definition) is 3. The maximum atomic E-state index is 12.2. The van der Waals surface area contributed by atoms with Crippen molar-refractivity contribution in [1.29, 1.82) is 0 Å². The molecule has 0 aliphatic carbocycles. The number of halogens is 3. The summed E-state index contributed by atoms with van der Waals surface area (Å²) < 4.78 is 36.6. The second-order valence-corrected chi connectivity index (χ2v) is 3.94. The summed E-state index contributed by atoms with van der Waals surface area (Å²) in [6.45, 7) is 0.459. The Kier molecular flexibility index (Phi) is 4.82. The highest BCUT2D eigenvalue weighted by atomic mass is 32.2. The van der Waals surface area contributed by atoms with Crippen molar-refractivity contribution >= 4 is 11.8 Å². The van der Waals surface area contributed by atoms with Gasteiger partial charge < -0.3 is 5.73 Å². The zero-order valence-corrected chi connectivity index (χ0v) is 9.18. The molecular weight excluding hydrogens is 237 g/mol. The van der Waals surface area contributed by atoms with Crippen LogP contribution in [-0.4, -0.2) is 17.3 Å². The lowest BCUT2D eigenvalue weighted by Crippen LogP contribution is -2.05. The molecule has 1 heterocycles. The van der Waals surface area contributed by atoms with E-state index in [0.717, 1.165) is 12.3 Å². The van der Waals surface area contributed by atoms with Gasteiger partial charge in [-0.3, -0.25) is 0 Å². The van der Waals surface area contributed by atoms with Crippen molar-refractivity contribution in [3.8, 4) is 0 Å². The maximum Gasteiger partial charge on any atom is 0.417 e. The first-order chi connectivity index (χ1) is 7.54. The van der Waals surface area contributed by atoms with E-state index in [0.29, 0.717) is 17.3 Å². The fraction of sp³-hybridized carbons (Fsp3) is 0.300. The Morgan fingerprint density at radius 2 is 2.06 bits per heavy atom. The third-order valence-electron chi connectivity index (χ3n) is 1.69. The van der Waals surface area contributed by atoms with Crippen LogP contribution in [0.2, 0.25) is 0 Å². The summed E-state index contributed by atoms with van der Waals surface area (Å²) >= 11 is 1.36. The van der Waals surface area contributed by atoms with Gasteiger partial charge in [0.05, 0.1) is 10.6 Å². The Hall–Kier alpha value is -1.01. The van der Waals surface area contributed by atoms with Crippen LogP contribution in [0.4, 0.5) is 13.2 Å².